The number of nitrogens with one attached hydrogen (secondary N) is 1. The van der Waals surface area contributed by atoms with Crippen LogP contribution in [0.15, 0.2) is 47.5 Å². The fraction of sp³-hybridized carbons (Fsp3) is 0.673. The van der Waals surface area contributed by atoms with Crippen molar-refractivity contribution in [3.63, 3.8) is 0 Å². The van der Waals surface area contributed by atoms with E-state index in [-0.39, 0.29) is 29.8 Å². The zero-order valence-corrected chi connectivity index (χ0v) is 39.3. The van der Waals surface area contributed by atoms with Gasteiger partial charge in [0.05, 0.1) is 29.7 Å². The first-order valence-corrected chi connectivity index (χ1v) is 23.5. The molecule has 5 heterocycles. The molecule has 4 aliphatic rings. The number of likely N-dealkylation sites (N-methyl/N-ethyl adjacent to an activating group) is 1. The predicted octanol–water partition coefficient (Wildman–Crippen LogP) is 6.90. The second-order valence-electron chi connectivity index (χ2n) is 18.9. The van der Waals surface area contributed by atoms with E-state index in [1.54, 1.807) is 30.1 Å². The molecule has 1 aromatic carbocycles. The molecule has 0 saturated carbocycles. The highest BCUT2D eigenvalue weighted by molar-refractivity contribution is 7.12. The molecule has 3 saturated heterocycles. The van der Waals surface area contributed by atoms with Crippen molar-refractivity contribution in [1.82, 2.24) is 15.1 Å². The molecule has 0 aliphatic carbocycles. The lowest BCUT2D eigenvalue weighted by Crippen LogP contribution is -2.58. The van der Waals surface area contributed by atoms with Crippen molar-refractivity contribution < 1.29 is 38.4 Å². The van der Waals surface area contributed by atoms with Crippen molar-refractivity contribution in [2.24, 2.45) is 34.1 Å². The van der Waals surface area contributed by atoms with Gasteiger partial charge in [-0.05, 0) is 97.1 Å². The number of fused-ring (bicyclic) bond motifs is 1. The molecule has 12 nitrogen and oxygen atoms in total. The molecule has 1 aromatic heterocycles. The third-order valence-electron chi connectivity index (χ3n) is 13.8. The molecule has 2 bridgehead atoms. The van der Waals surface area contributed by atoms with Gasteiger partial charge in [0.1, 0.15) is 18.1 Å². The van der Waals surface area contributed by atoms with E-state index in [1.165, 1.54) is 10.4 Å². The number of esters is 1. The standard InChI is InChI=1S/C49H70N4O8S/c1-11-39-49(8)43-32(4)40(51-25-26-53(43)47(57)61-49)30(2)28-48(7,23-15-20-36-21-22-37(62-36)29-50-24-16-19-35-17-13-12-14-18-35)44(33(5)41(54)34(6)45(56)59-39)60-46-42(55)38(52(9)10)27-31(3)58-46/h12-14,17-18,21-22,30-34,38-39,42-44,46,50,55H,11,16,19,23-29H2,1-10H3/t30-,31-,32+,33+,34-,38+,39-,42-,43-,44-,46?,48+,49-/m1/s1. The average Bonchev–Trinajstić information content (AvgIpc) is 3.73. The first kappa shape index (κ1) is 47.8. The highest BCUT2D eigenvalue weighted by atomic mass is 32.1. The van der Waals surface area contributed by atoms with E-state index in [1.807, 2.05) is 45.8 Å². The maximum atomic E-state index is 14.7. The summed E-state index contributed by atoms with van der Waals surface area (Å²) in [6, 6.07) is 14.0. The van der Waals surface area contributed by atoms with E-state index >= 15 is 0 Å². The Labute approximate surface area is 373 Å². The average molecular weight is 875 g/mol. The van der Waals surface area contributed by atoms with Crippen LogP contribution >= 0.6 is 11.3 Å². The van der Waals surface area contributed by atoms with Crippen LogP contribution in [0.3, 0.4) is 0 Å². The number of carbonyl (C=O) groups is 3. The normalized spacial score (nSPS) is 35.6. The van der Waals surface area contributed by atoms with Gasteiger partial charge in [0.15, 0.2) is 17.7 Å². The van der Waals surface area contributed by atoms with Gasteiger partial charge >= 0.3 is 12.1 Å². The topological polar surface area (TPSA) is 139 Å². The fourth-order valence-electron chi connectivity index (χ4n) is 10.6. The van der Waals surface area contributed by atoms with Crippen molar-refractivity contribution in [3.05, 3.63) is 57.8 Å². The Morgan fingerprint density at radius 1 is 1.05 bits per heavy atom. The number of hydrogen-bond donors (Lipinski definition) is 2. The second kappa shape index (κ2) is 20.5. The van der Waals surface area contributed by atoms with Crippen LogP contribution in [0.2, 0.25) is 0 Å². The van der Waals surface area contributed by atoms with Crippen LogP contribution in [0.5, 0.6) is 0 Å². The molecule has 0 spiro atoms. The number of aliphatic hydroxyl groups is 1. The van der Waals surface area contributed by atoms with Gasteiger partial charge in [-0.1, -0.05) is 76.8 Å². The molecule has 13 atom stereocenters. The molecular formula is C49H70N4O8S. The Balaban J connectivity index is 1.34. The lowest BCUT2D eigenvalue weighted by atomic mass is 9.66. The molecule has 340 valence electrons. The number of aliphatic imine (C=N–C) groups is 1. The molecule has 62 heavy (non-hydrogen) atoms. The van der Waals surface area contributed by atoms with Crippen LogP contribution in [-0.2, 0) is 41.5 Å². The lowest BCUT2D eigenvalue weighted by Gasteiger charge is -2.47. The molecule has 2 N–H and O–H groups in total. The third kappa shape index (κ3) is 10.5. The number of cyclic esters (lactones) is 1. The first-order valence-electron chi connectivity index (χ1n) is 22.7. The number of ketones is 1. The molecular weight excluding hydrogens is 805 g/mol. The zero-order valence-electron chi connectivity index (χ0n) is 38.5. The van der Waals surface area contributed by atoms with Gasteiger partial charge in [0.25, 0.3) is 0 Å². The highest BCUT2D eigenvalue weighted by Crippen LogP contribution is 2.46. The number of benzene rings is 1. The molecule has 1 unspecified atom stereocenters. The summed E-state index contributed by atoms with van der Waals surface area (Å²) in [7, 11) is 3.85. The SMILES string of the molecule is CC[C@H]1OC(=O)[C@H](C)C(=O)[C@H](C)[C@@H](OC2O[C@H](C)C[C@H](N(C)C)[C@H]2O)[C@@](C)(CC#Cc2ccc(CNCCCc3ccccc3)s2)C[C@@H](C)C2=NCCN3C(=O)O[C@@]1(C)[C@H]3[C@H]2C. The molecule has 1 amide bonds. The minimum Gasteiger partial charge on any atom is -0.458 e. The Kier molecular flexibility index (Phi) is 15.8. The molecule has 3 fully saturated rings. The monoisotopic (exact) mass is 874 g/mol. The summed E-state index contributed by atoms with van der Waals surface area (Å²) in [5.41, 5.74) is 0.280. The minimum atomic E-state index is -1.17. The van der Waals surface area contributed by atoms with Crippen LogP contribution in [0.25, 0.3) is 0 Å². The van der Waals surface area contributed by atoms with Crippen LogP contribution in [-0.4, -0.2) is 121 Å². The van der Waals surface area contributed by atoms with Gasteiger partial charge < -0.3 is 34.3 Å². The first-order chi connectivity index (χ1) is 29.5. The maximum Gasteiger partial charge on any atom is 0.410 e. The van der Waals surface area contributed by atoms with Crippen molar-refractivity contribution >= 4 is 34.9 Å². The zero-order chi connectivity index (χ0) is 44.9. The summed E-state index contributed by atoms with van der Waals surface area (Å²) in [5, 5.41) is 15.3. The highest BCUT2D eigenvalue weighted by Gasteiger charge is 2.60. The Bertz CT molecular complexity index is 1960. The maximum absolute atomic E-state index is 14.7. The van der Waals surface area contributed by atoms with Crippen molar-refractivity contribution in [3.8, 4) is 11.8 Å². The summed E-state index contributed by atoms with van der Waals surface area (Å²) in [6.45, 7) is 17.9. The number of carbonyl (C=O) groups excluding carboxylic acids is 3. The largest absolute Gasteiger partial charge is 0.458 e. The smallest absolute Gasteiger partial charge is 0.410 e. The number of amides is 1. The quantitative estimate of drug-likeness (QED) is 0.106. The predicted molar refractivity (Wildman–Crippen MR) is 242 cm³/mol. The van der Waals surface area contributed by atoms with Gasteiger partial charge in [0.2, 0.25) is 0 Å². The van der Waals surface area contributed by atoms with Crippen LogP contribution in [0.1, 0.15) is 103 Å². The number of hydrogen-bond acceptors (Lipinski definition) is 12. The lowest BCUT2D eigenvalue weighted by molar-refractivity contribution is -0.286. The van der Waals surface area contributed by atoms with E-state index in [0.29, 0.717) is 38.8 Å². The van der Waals surface area contributed by atoms with Crippen molar-refractivity contribution in [2.75, 3.05) is 33.7 Å². The number of nitrogens with zero attached hydrogens (tertiary/aromatic N) is 3. The van der Waals surface area contributed by atoms with Crippen molar-refractivity contribution in [1.29, 1.82) is 0 Å². The van der Waals surface area contributed by atoms with Crippen LogP contribution in [0, 0.1) is 40.9 Å². The van der Waals surface area contributed by atoms with Crippen LogP contribution < -0.4 is 5.32 Å². The van der Waals surface area contributed by atoms with Gasteiger partial charge in [-0.25, -0.2) is 4.79 Å². The van der Waals surface area contributed by atoms with E-state index in [9.17, 15) is 19.5 Å². The van der Waals surface area contributed by atoms with Gasteiger partial charge in [-0.3, -0.25) is 19.5 Å². The molecule has 13 heteroatoms. The second-order valence-corrected chi connectivity index (χ2v) is 20.1. The summed E-state index contributed by atoms with van der Waals surface area (Å²) < 4.78 is 25.7. The van der Waals surface area contributed by atoms with Crippen molar-refractivity contribution in [2.45, 2.75) is 149 Å². The Hall–Kier alpha value is -3.64. The van der Waals surface area contributed by atoms with E-state index in [2.05, 4.69) is 74.3 Å². The van der Waals surface area contributed by atoms with Gasteiger partial charge in [0, 0.05) is 53.4 Å². The summed E-state index contributed by atoms with van der Waals surface area (Å²) in [5.74, 6) is 3.55. The molecule has 0 radical (unpaired) electrons. The number of aliphatic hydroxyl groups excluding tert-OH is 1. The number of Topliss-reactive ketones (excluding diaryl/α,β-unsaturated/α-hetero) is 1. The Morgan fingerprint density at radius 3 is 2.50 bits per heavy atom. The van der Waals surface area contributed by atoms with Gasteiger partial charge in [-0.2, -0.15) is 0 Å². The van der Waals surface area contributed by atoms with E-state index in [0.717, 1.165) is 36.5 Å². The summed E-state index contributed by atoms with van der Waals surface area (Å²) in [4.78, 5) is 53.3. The molecule has 6 rings (SSSR count). The fourth-order valence-corrected chi connectivity index (χ4v) is 11.5. The number of aryl methyl sites for hydroxylation is 1. The van der Waals surface area contributed by atoms with Crippen LogP contribution in [0.4, 0.5) is 4.79 Å². The summed E-state index contributed by atoms with van der Waals surface area (Å²) in [6.07, 6.45) is -0.404. The summed E-state index contributed by atoms with van der Waals surface area (Å²) >= 11 is 1.66. The van der Waals surface area contributed by atoms with E-state index < -0.39 is 65.6 Å². The third-order valence-corrected chi connectivity index (χ3v) is 14.8. The van der Waals surface area contributed by atoms with Gasteiger partial charge in [-0.15, -0.1) is 11.3 Å². The van der Waals surface area contributed by atoms with E-state index in [4.69, 9.17) is 23.9 Å². The number of rotatable bonds is 11. The number of ether oxygens (including phenoxy) is 4. The number of thiophene rings is 1. The minimum absolute atomic E-state index is 0.139. The molecule has 4 aliphatic heterocycles. The molecule has 2 aromatic rings. The Morgan fingerprint density at radius 2 is 1.79 bits per heavy atom.